The van der Waals surface area contributed by atoms with E-state index in [0.717, 1.165) is 11.1 Å². The van der Waals surface area contributed by atoms with Crippen molar-refractivity contribution in [3.8, 4) is 5.75 Å². The molecule has 0 radical (unpaired) electrons. The van der Waals surface area contributed by atoms with E-state index in [4.69, 9.17) is 0 Å². The molecule has 0 saturated heterocycles. The molecule has 0 aliphatic carbocycles. The summed E-state index contributed by atoms with van der Waals surface area (Å²) < 4.78 is 0. The van der Waals surface area contributed by atoms with Crippen LogP contribution in [0.1, 0.15) is 18.1 Å². The minimum Gasteiger partial charge on any atom is -0.508 e. The number of aromatic hydroxyl groups is 1. The third-order valence-corrected chi connectivity index (χ3v) is 2.20. The molecule has 0 aromatic heterocycles. The van der Waals surface area contributed by atoms with Crippen LogP contribution in [-0.4, -0.2) is 11.1 Å². The van der Waals surface area contributed by atoms with Crippen molar-refractivity contribution in [1.29, 1.82) is 0 Å². The Bertz CT molecular complexity index is 320. The summed E-state index contributed by atoms with van der Waals surface area (Å²) in [6, 6.07) is 5.87. The summed E-state index contributed by atoms with van der Waals surface area (Å²) in [4.78, 5) is 0. The predicted molar refractivity (Wildman–Crippen MR) is 59.3 cm³/mol. The molecule has 1 unspecified atom stereocenters. The summed E-state index contributed by atoms with van der Waals surface area (Å²) in [6.45, 7) is 8.40. The van der Waals surface area contributed by atoms with Crippen molar-refractivity contribution >= 4 is 0 Å². The molecule has 2 heteroatoms. The molecule has 76 valence electrons. The number of hydrogen-bond acceptors (Lipinski definition) is 2. The molecule has 1 atom stereocenters. The standard InChI is InChI=1S/C12H17NO/c1-4-10(3)13-8-11-7-9(2)5-6-12(11)14/h4-7,10,13-14H,1,8H2,2-3H3. The molecule has 0 fully saturated rings. The number of phenols is 1. The van der Waals surface area contributed by atoms with Gasteiger partial charge >= 0.3 is 0 Å². The molecule has 0 aliphatic rings. The lowest BCUT2D eigenvalue weighted by molar-refractivity contribution is 0.463. The minimum absolute atomic E-state index is 0.259. The number of phenolic OH excluding ortho intramolecular Hbond substituents is 1. The Balaban J connectivity index is 2.66. The average Bonchev–Trinajstić information content (AvgIpc) is 2.19. The molecule has 0 spiro atoms. The van der Waals surface area contributed by atoms with E-state index in [1.807, 2.05) is 32.1 Å². The highest BCUT2D eigenvalue weighted by Crippen LogP contribution is 2.17. The number of hydrogen-bond donors (Lipinski definition) is 2. The van der Waals surface area contributed by atoms with Gasteiger partial charge in [0.1, 0.15) is 5.75 Å². The minimum atomic E-state index is 0.259. The lowest BCUT2D eigenvalue weighted by Crippen LogP contribution is -2.22. The summed E-state index contributed by atoms with van der Waals surface area (Å²) in [5.74, 6) is 0.347. The van der Waals surface area contributed by atoms with E-state index >= 15 is 0 Å². The fraction of sp³-hybridized carbons (Fsp3) is 0.333. The Morgan fingerprint density at radius 2 is 2.29 bits per heavy atom. The number of nitrogens with one attached hydrogen (secondary N) is 1. The van der Waals surface area contributed by atoms with Gasteiger partial charge < -0.3 is 10.4 Å². The van der Waals surface area contributed by atoms with Crippen molar-refractivity contribution in [2.75, 3.05) is 0 Å². The summed E-state index contributed by atoms with van der Waals surface area (Å²) >= 11 is 0. The third-order valence-electron chi connectivity index (χ3n) is 2.20. The van der Waals surface area contributed by atoms with Crippen molar-refractivity contribution in [3.63, 3.8) is 0 Å². The summed E-state index contributed by atoms with van der Waals surface area (Å²) in [5.41, 5.74) is 2.09. The first-order chi connectivity index (χ1) is 6.63. The lowest BCUT2D eigenvalue weighted by atomic mass is 10.1. The Hall–Kier alpha value is -1.28. The van der Waals surface area contributed by atoms with Crippen molar-refractivity contribution < 1.29 is 5.11 Å². The lowest BCUT2D eigenvalue weighted by Gasteiger charge is -2.10. The van der Waals surface area contributed by atoms with E-state index in [9.17, 15) is 5.11 Å². The number of benzene rings is 1. The van der Waals surface area contributed by atoms with Crippen molar-refractivity contribution in [3.05, 3.63) is 42.0 Å². The molecule has 14 heavy (non-hydrogen) atoms. The molecular formula is C12H17NO. The van der Waals surface area contributed by atoms with Crippen LogP contribution in [0.4, 0.5) is 0 Å². The first-order valence-corrected chi connectivity index (χ1v) is 4.78. The maximum atomic E-state index is 9.55. The van der Waals surface area contributed by atoms with Gasteiger partial charge in [-0.3, -0.25) is 0 Å². The summed E-state index contributed by atoms with van der Waals surface area (Å²) in [5, 5.41) is 12.8. The maximum Gasteiger partial charge on any atom is 0.120 e. The van der Waals surface area contributed by atoms with Crippen LogP contribution in [0.3, 0.4) is 0 Å². The van der Waals surface area contributed by atoms with E-state index in [1.165, 1.54) is 0 Å². The van der Waals surface area contributed by atoms with E-state index in [1.54, 1.807) is 6.07 Å². The second-order valence-corrected chi connectivity index (χ2v) is 3.54. The Labute approximate surface area is 85.3 Å². The van der Waals surface area contributed by atoms with Crippen molar-refractivity contribution in [2.24, 2.45) is 0 Å². The largest absolute Gasteiger partial charge is 0.508 e. The third kappa shape index (κ3) is 2.89. The van der Waals surface area contributed by atoms with Gasteiger partial charge in [-0.25, -0.2) is 0 Å². The fourth-order valence-corrected chi connectivity index (χ4v) is 1.21. The average molecular weight is 191 g/mol. The molecular weight excluding hydrogens is 174 g/mol. The number of aryl methyl sites for hydroxylation is 1. The SMILES string of the molecule is C=CC(C)NCc1cc(C)ccc1O. The van der Waals surface area contributed by atoms with E-state index < -0.39 is 0 Å². The zero-order chi connectivity index (χ0) is 10.6. The molecule has 0 heterocycles. The monoisotopic (exact) mass is 191 g/mol. The summed E-state index contributed by atoms with van der Waals surface area (Å²) in [7, 11) is 0. The van der Waals surface area contributed by atoms with Crippen molar-refractivity contribution in [1.82, 2.24) is 5.32 Å². The molecule has 1 aromatic carbocycles. The van der Waals surface area contributed by atoms with E-state index in [0.29, 0.717) is 12.3 Å². The quantitative estimate of drug-likeness (QED) is 0.716. The van der Waals surface area contributed by atoms with Crippen LogP contribution in [0.5, 0.6) is 5.75 Å². The molecule has 0 saturated carbocycles. The van der Waals surface area contributed by atoms with E-state index in [-0.39, 0.29) is 6.04 Å². The van der Waals surface area contributed by atoms with Crippen LogP contribution in [-0.2, 0) is 6.54 Å². The Morgan fingerprint density at radius 1 is 1.57 bits per heavy atom. The zero-order valence-electron chi connectivity index (χ0n) is 8.75. The first-order valence-electron chi connectivity index (χ1n) is 4.78. The second-order valence-electron chi connectivity index (χ2n) is 3.54. The van der Waals surface area contributed by atoms with Gasteiger partial charge in [0.25, 0.3) is 0 Å². The van der Waals surface area contributed by atoms with Crippen LogP contribution in [0.15, 0.2) is 30.9 Å². The fourth-order valence-electron chi connectivity index (χ4n) is 1.21. The normalized spacial score (nSPS) is 12.4. The van der Waals surface area contributed by atoms with Gasteiger partial charge in [-0.2, -0.15) is 0 Å². The highest BCUT2D eigenvalue weighted by molar-refractivity contribution is 5.35. The van der Waals surface area contributed by atoms with Gasteiger partial charge in [-0.05, 0) is 19.9 Å². The molecule has 0 bridgehead atoms. The van der Waals surface area contributed by atoms with Crippen molar-refractivity contribution in [2.45, 2.75) is 26.4 Å². The van der Waals surface area contributed by atoms with Crippen LogP contribution < -0.4 is 5.32 Å². The maximum absolute atomic E-state index is 9.55. The molecule has 1 aromatic rings. The van der Waals surface area contributed by atoms with Crippen LogP contribution >= 0.6 is 0 Å². The highest BCUT2D eigenvalue weighted by atomic mass is 16.3. The molecule has 2 nitrogen and oxygen atoms in total. The van der Waals surface area contributed by atoms with Crippen LogP contribution in [0.2, 0.25) is 0 Å². The first kappa shape index (κ1) is 10.8. The molecule has 0 aliphatic heterocycles. The summed E-state index contributed by atoms with van der Waals surface area (Å²) in [6.07, 6.45) is 1.84. The highest BCUT2D eigenvalue weighted by Gasteiger charge is 2.02. The van der Waals surface area contributed by atoms with E-state index in [2.05, 4.69) is 11.9 Å². The van der Waals surface area contributed by atoms with Crippen LogP contribution in [0, 0.1) is 6.92 Å². The van der Waals surface area contributed by atoms with Gasteiger partial charge in [-0.15, -0.1) is 6.58 Å². The predicted octanol–water partition coefficient (Wildman–Crippen LogP) is 2.36. The number of rotatable bonds is 4. The molecule has 0 amide bonds. The van der Waals surface area contributed by atoms with Gasteiger partial charge in [-0.1, -0.05) is 23.8 Å². The van der Waals surface area contributed by atoms with Gasteiger partial charge in [0, 0.05) is 18.2 Å². The second kappa shape index (κ2) is 4.82. The zero-order valence-corrected chi connectivity index (χ0v) is 8.75. The van der Waals surface area contributed by atoms with Gasteiger partial charge in [0.15, 0.2) is 0 Å². The Kier molecular flexibility index (Phi) is 3.72. The topological polar surface area (TPSA) is 32.3 Å². The van der Waals surface area contributed by atoms with Gasteiger partial charge in [0.2, 0.25) is 0 Å². The smallest absolute Gasteiger partial charge is 0.120 e. The Morgan fingerprint density at radius 3 is 2.93 bits per heavy atom. The molecule has 1 rings (SSSR count). The van der Waals surface area contributed by atoms with Crippen LogP contribution in [0.25, 0.3) is 0 Å². The molecule has 2 N–H and O–H groups in total. The van der Waals surface area contributed by atoms with Gasteiger partial charge in [0.05, 0.1) is 0 Å².